The van der Waals surface area contributed by atoms with Gasteiger partial charge in [0, 0.05) is 11.5 Å². The molecule has 1 heterocycles. The van der Waals surface area contributed by atoms with E-state index in [0.29, 0.717) is 0 Å². The summed E-state index contributed by atoms with van der Waals surface area (Å²) >= 11 is 3.37. The summed E-state index contributed by atoms with van der Waals surface area (Å²) in [4.78, 5) is 13.5. The van der Waals surface area contributed by atoms with Crippen LogP contribution < -0.4 is 9.64 Å². The number of hydrogen-bond donors (Lipinski definition) is 0. The molecule has 0 spiro atoms. The molecule has 0 unspecified atom stereocenters. The van der Waals surface area contributed by atoms with Crippen molar-refractivity contribution in [1.29, 1.82) is 0 Å². The van der Waals surface area contributed by atoms with Crippen molar-refractivity contribution in [2.75, 3.05) is 11.9 Å². The number of rotatable bonds is 0. The molecule has 1 aromatic rings. The van der Waals surface area contributed by atoms with Crippen molar-refractivity contribution in [1.82, 2.24) is 0 Å². The minimum Gasteiger partial charge on any atom is -0.476 e. The van der Waals surface area contributed by atoms with Crippen LogP contribution in [0.25, 0.3) is 0 Å². The summed E-state index contributed by atoms with van der Waals surface area (Å²) in [5.41, 5.74) is 0.0176. The summed E-state index contributed by atoms with van der Waals surface area (Å²) in [5, 5.41) is 0. The van der Waals surface area contributed by atoms with Crippen LogP contribution in [0, 0.1) is 0 Å². The van der Waals surface area contributed by atoms with Gasteiger partial charge in [0.15, 0.2) is 5.60 Å². The summed E-state index contributed by atoms with van der Waals surface area (Å²) < 4.78 is 6.58. The highest BCUT2D eigenvalue weighted by Crippen LogP contribution is 2.38. The topological polar surface area (TPSA) is 29.5 Å². The number of carbonyl (C=O) groups is 1. The van der Waals surface area contributed by atoms with Gasteiger partial charge in [0.25, 0.3) is 5.91 Å². The molecule has 0 saturated heterocycles. The smallest absolute Gasteiger partial charge is 0.270 e. The van der Waals surface area contributed by atoms with Gasteiger partial charge in [0.05, 0.1) is 5.69 Å². The Balaban J connectivity index is 2.55. The Morgan fingerprint density at radius 3 is 2.73 bits per heavy atom. The molecule has 80 valence electrons. The zero-order valence-electron chi connectivity index (χ0n) is 8.87. The third kappa shape index (κ3) is 1.63. The van der Waals surface area contributed by atoms with Crippen molar-refractivity contribution in [3.05, 3.63) is 22.7 Å². The third-order valence-electron chi connectivity index (χ3n) is 2.47. The number of fused-ring (bicyclic) bond motifs is 1. The maximum Gasteiger partial charge on any atom is 0.270 e. The first-order chi connectivity index (χ1) is 6.92. The standard InChI is InChI=1S/C11H12BrNO2/c1-11(2)10(14)13(3)8-6-7(12)4-5-9(8)15-11/h4-6H,1-3H3. The zero-order chi connectivity index (χ0) is 11.2. The van der Waals surface area contributed by atoms with Crippen LogP contribution in [0.5, 0.6) is 5.75 Å². The highest BCUT2D eigenvalue weighted by atomic mass is 79.9. The molecule has 15 heavy (non-hydrogen) atoms. The molecule has 0 saturated carbocycles. The monoisotopic (exact) mass is 269 g/mol. The molecule has 1 amide bonds. The maximum atomic E-state index is 11.9. The first-order valence-electron chi connectivity index (χ1n) is 4.68. The average Bonchev–Trinajstić information content (AvgIpc) is 2.16. The van der Waals surface area contributed by atoms with Gasteiger partial charge in [-0.15, -0.1) is 0 Å². The summed E-state index contributed by atoms with van der Waals surface area (Å²) in [6.45, 7) is 3.55. The fourth-order valence-corrected chi connectivity index (χ4v) is 2.02. The maximum absolute atomic E-state index is 11.9. The van der Waals surface area contributed by atoms with Crippen molar-refractivity contribution in [2.45, 2.75) is 19.4 Å². The predicted molar refractivity (Wildman–Crippen MR) is 62.3 cm³/mol. The van der Waals surface area contributed by atoms with Gasteiger partial charge in [-0.05, 0) is 32.0 Å². The molecule has 0 atom stereocenters. The lowest BCUT2D eigenvalue weighted by Gasteiger charge is -2.36. The van der Waals surface area contributed by atoms with Crippen molar-refractivity contribution in [3.8, 4) is 5.75 Å². The van der Waals surface area contributed by atoms with Crippen LogP contribution in [-0.2, 0) is 4.79 Å². The van der Waals surface area contributed by atoms with Crippen LogP contribution in [0.3, 0.4) is 0 Å². The number of nitrogens with zero attached hydrogens (tertiary/aromatic N) is 1. The minimum absolute atomic E-state index is 0.0342. The number of benzene rings is 1. The molecular formula is C11H12BrNO2. The van der Waals surface area contributed by atoms with Crippen LogP contribution in [0.2, 0.25) is 0 Å². The normalized spacial score (nSPS) is 18.4. The molecule has 1 aliphatic heterocycles. The molecule has 0 radical (unpaired) electrons. The highest BCUT2D eigenvalue weighted by molar-refractivity contribution is 9.10. The van der Waals surface area contributed by atoms with Gasteiger partial charge in [-0.1, -0.05) is 15.9 Å². The van der Waals surface area contributed by atoms with Crippen molar-refractivity contribution < 1.29 is 9.53 Å². The van der Waals surface area contributed by atoms with E-state index in [0.717, 1.165) is 15.9 Å². The highest BCUT2D eigenvalue weighted by Gasteiger charge is 2.39. The Labute approximate surface area is 97.2 Å². The second-order valence-corrected chi connectivity index (χ2v) is 5.00. The quantitative estimate of drug-likeness (QED) is 0.725. The first kappa shape index (κ1) is 10.5. The van der Waals surface area contributed by atoms with Gasteiger partial charge in [-0.2, -0.15) is 0 Å². The summed E-state index contributed by atoms with van der Waals surface area (Å²) in [6, 6.07) is 5.64. The molecular weight excluding hydrogens is 258 g/mol. The van der Waals surface area contributed by atoms with Gasteiger partial charge in [-0.3, -0.25) is 4.79 Å². The number of carbonyl (C=O) groups excluding carboxylic acids is 1. The van der Waals surface area contributed by atoms with E-state index in [4.69, 9.17) is 4.74 Å². The van der Waals surface area contributed by atoms with E-state index in [1.165, 1.54) is 0 Å². The summed E-state index contributed by atoms with van der Waals surface area (Å²) in [6.07, 6.45) is 0. The lowest BCUT2D eigenvalue weighted by molar-refractivity contribution is -0.132. The Bertz CT molecular complexity index is 429. The molecule has 2 rings (SSSR count). The fourth-order valence-electron chi connectivity index (χ4n) is 1.67. The molecule has 0 fully saturated rings. The lowest BCUT2D eigenvalue weighted by atomic mass is 10.0. The molecule has 4 heteroatoms. The first-order valence-corrected chi connectivity index (χ1v) is 5.48. The molecule has 0 aromatic heterocycles. The zero-order valence-corrected chi connectivity index (χ0v) is 10.5. The van der Waals surface area contributed by atoms with Crippen LogP contribution >= 0.6 is 15.9 Å². The predicted octanol–water partition coefficient (Wildman–Crippen LogP) is 2.58. The Hall–Kier alpha value is -1.03. The number of amides is 1. The molecule has 0 N–H and O–H groups in total. The van der Waals surface area contributed by atoms with Gasteiger partial charge < -0.3 is 9.64 Å². The minimum atomic E-state index is -0.782. The average molecular weight is 270 g/mol. The number of likely N-dealkylation sites (N-methyl/N-ethyl adjacent to an activating group) is 1. The van der Waals surface area contributed by atoms with E-state index in [1.54, 1.807) is 25.8 Å². The number of ether oxygens (including phenoxy) is 1. The molecule has 3 nitrogen and oxygen atoms in total. The van der Waals surface area contributed by atoms with Gasteiger partial charge in [0.2, 0.25) is 0 Å². The number of hydrogen-bond acceptors (Lipinski definition) is 2. The number of anilines is 1. The van der Waals surface area contributed by atoms with E-state index in [2.05, 4.69) is 15.9 Å². The Kier molecular flexibility index (Phi) is 2.26. The molecule has 1 aromatic carbocycles. The van der Waals surface area contributed by atoms with Crippen molar-refractivity contribution >= 4 is 27.5 Å². The van der Waals surface area contributed by atoms with E-state index in [1.807, 2.05) is 18.2 Å². The second kappa shape index (κ2) is 3.23. The van der Waals surface area contributed by atoms with Crippen LogP contribution in [0.15, 0.2) is 22.7 Å². The summed E-state index contributed by atoms with van der Waals surface area (Å²) in [5.74, 6) is 0.707. The van der Waals surface area contributed by atoms with E-state index in [-0.39, 0.29) is 5.91 Å². The number of halogens is 1. The fraction of sp³-hybridized carbons (Fsp3) is 0.364. The summed E-state index contributed by atoms with van der Waals surface area (Å²) in [7, 11) is 1.76. The SMILES string of the molecule is CN1C(=O)C(C)(C)Oc2ccc(Br)cc21. The van der Waals surface area contributed by atoms with Gasteiger partial charge >= 0.3 is 0 Å². The van der Waals surface area contributed by atoms with Crippen molar-refractivity contribution in [3.63, 3.8) is 0 Å². The van der Waals surface area contributed by atoms with E-state index < -0.39 is 5.60 Å². The Morgan fingerprint density at radius 1 is 1.40 bits per heavy atom. The molecule has 0 aliphatic carbocycles. The van der Waals surface area contributed by atoms with Crippen molar-refractivity contribution in [2.24, 2.45) is 0 Å². The van der Waals surface area contributed by atoms with Crippen LogP contribution in [0.1, 0.15) is 13.8 Å². The van der Waals surface area contributed by atoms with Crippen LogP contribution in [-0.4, -0.2) is 18.6 Å². The Morgan fingerprint density at radius 2 is 2.07 bits per heavy atom. The van der Waals surface area contributed by atoms with E-state index in [9.17, 15) is 4.79 Å². The molecule has 0 bridgehead atoms. The largest absolute Gasteiger partial charge is 0.476 e. The lowest BCUT2D eigenvalue weighted by Crippen LogP contribution is -2.50. The second-order valence-electron chi connectivity index (χ2n) is 4.09. The van der Waals surface area contributed by atoms with Gasteiger partial charge in [0.1, 0.15) is 5.75 Å². The molecule has 1 aliphatic rings. The van der Waals surface area contributed by atoms with Gasteiger partial charge in [-0.25, -0.2) is 0 Å². The van der Waals surface area contributed by atoms with Crippen LogP contribution in [0.4, 0.5) is 5.69 Å². The third-order valence-corrected chi connectivity index (χ3v) is 2.96. The van der Waals surface area contributed by atoms with E-state index >= 15 is 0 Å².